The van der Waals surface area contributed by atoms with Crippen molar-refractivity contribution in [3.8, 4) is 0 Å². The summed E-state index contributed by atoms with van der Waals surface area (Å²) >= 11 is 0. The van der Waals surface area contributed by atoms with Crippen molar-refractivity contribution in [3.05, 3.63) is 70.9 Å². The van der Waals surface area contributed by atoms with Crippen molar-refractivity contribution < 1.29 is 0 Å². The zero-order chi connectivity index (χ0) is 20.9. The molecule has 0 saturated carbocycles. The molecule has 0 atom stereocenters. The minimum absolute atomic E-state index is 0.919. The first-order chi connectivity index (χ1) is 14.6. The van der Waals surface area contributed by atoms with Gasteiger partial charge in [0.15, 0.2) is 0 Å². The van der Waals surface area contributed by atoms with Gasteiger partial charge in [0.1, 0.15) is 0 Å². The molecule has 6 aliphatic rings. The number of fused-ring (bicyclic) bond motifs is 3. The van der Waals surface area contributed by atoms with E-state index in [1.807, 2.05) is 6.08 Å². The van der Waals surface area contributed by atoms with Crippen molar-refractivity contribution in [1.82, 2.24) is 30.7 Å². The van der Waals surface area contributed by atoms with Crippen LogP contribution < -0.4 is 16.0 Å². The Hall–Kier alpha value is -2.76. The van der Waals surface area contributed by atoms with Gasteiger partial charge in [-0.25, -0.2) is 0 Å². The van der Waals surface area contributed by atoms with Gasteiger partial charge in [0, 0.05) is 47.4 Å². The fourth-order valence-corrected chi connectivity index (χ4v) is 4.56. The maximum Gasteiger partial charge on any atom is 0.0918 e. The van der Waals surface area contributed by atoms with Gasteiger partial charge in [-0.1, -0.05) is 12.2 Å². The largest absolute Gasteiger partial charge is 0.370 e. The van der Waals surface area contributed by atoms with E-state index >= 15 is 0 Å². The summed E-state index contributed by atoms with van der Waals surface area (Å²) in [6.07, 6.45) is 19.1. The fourth-order valence-electron chi connectivity index (χ4n) is 4.56. The Kier molecular flexibility index (Phi) is 6.41. The smallest absolute Gasteiger partial charge is 0.0918 e. The molecule has 0 aliphatic carbocycles. The van der Waals surface area contributed by atoms with E-state index in [1.165, 1.54) is 67.1 Å². The number of allylic oxidation sites excluding steroid dienone is 9. The Bertz CT molecular complexity index is 829. The van der Waals surface area contributed by atoms with E-state index < -0.39 is 0 Å². The van der Waals surface area contributed by atoms with Crippen LogP contribution in [0.15, 0.2) is 70.9 Å². The first kappa shape index (κ1) is 20.5. The highest BCUT2D eigenvalue weighted by Crippen LogP contribution is 2.25. The zero-order valence-electron chi connectivity index (χ0n) is 18.7. The van der Waals surface area contributed by atoms with E-state index in [-0.39, 0.29) is 0 Å². The van der Waals surface area contributed by atoms with Gasteiger partial charge in [-0.2, -0.15) is 0 Å². The quantitative estimate of drug-likeness (QED) is 0.566. The fraction of sp³-hybridized carbons (Fsp3) is 0.500. The molecule has 0 aromatic carbocycles. The number of nitrogens with zero attached hydrogens (tertiary/aromatic N) is 3. The molecule has 0 aromatic heterocycles. The highest BCUT2D eigenvalue weighted by molar-refractivity contribution is 5.33. The van der Waals surface area contributed by atoms with Crippen molar-refractivity contribution in [2.75, 3.05) is 26.6 Å². The van der Waals surface area contributed by atoms with Gasteiger partial charge in [0.2, 0.25) is 0 Å². The molecule has 0 spiro atoms. The molecule has 1 fully saturated rings. The molecular weight excluding hydrogens is 372 g/mol. The third kappa shape index (κ3) is 4.53. The Morgan fingerprint density at radius 2 is 1.50 bits per heavy atom. The van der Waals surface area contributed by atoms with Crippen molar-refractivity contribution >= 4 is 0 Å². The molecule has 3 N–H and O–H groups in total. The number of nitrogens with one attached hydrogen (secondary N) is 3. The summed E-state index contributed by atoms with van der Waals surface area (Å²) in [6, 6.07) is 0. The first-order valence-electron chi connectivity index (χ1n) is 11.3. The minimum atomic E-state index is 0.919. The van der Waals surface area contributed by atoms with Gasteiger partial charge < -0.3 is 30.7 Å². The molecule has 162 valence electrons. The van der Waals surface area contributed by atoms with Gasteiger partial charge in [-0.15, -0.1) is 0 Å². The average molecular weight is 409 g/mol. The SMILES string of the molecule is CC1=C2C=CC=CN2CN1.CC1=C2CCC=CN2CN1.CC1=C2CCCCN2CN1. The van der Waals surface area contributed by atoms with Gasteiger partial charge in [-0.3, -0.25) is 0 Å². The lowest BCUT2D eigenvalue weighted by atomic mass is 10.1. The van der Waals surface area contributed by atoms with Crippen LogP contribution in [0.2, 0.25) is 0 Å². The molecule has 6 aliphatic heterocycles. The molecule has 6 nitrogen and oxygen atoms in total. The summed E-state index contributed by atoms with van der Waals surface area (Å²) < 4.78 is 0. The van der Waals surface area contributed by atoms with Crippen molar-refractivity contribution in [3.63, 3.8) is 0 Å². The topological polar surface area (TPSA) is 45.8 Å². The molecule has 0 bridgehead atoms. The number of hydrogen-bond acceptors (Lipinski definition) is 6. The monoisotopic (exact) mass is 408 g/mol. The normalized spacial score (nSPS) is 23.1. The maximum absolute atomic E-state index is 3.37. The summed E-state index contributed by atoms with van der Waals surface area (Å²) in [5.74, 6) is 0. The van der Waals surface area contributed by atoms with Crippen LogP contribution in [-0.2, 0) is 0 Å². The lowest BCUT2D eigenvalue weighted by molar-refractivity contribution is 0.309. The molecule has 0 radical (unpaired) electrons. The summed E-state index contributed by atoms with van der Waals surface area (Å²) in [5, 5.41) is 9.95. The van der Waals surface area contributed by atoms with E-state index in [4.69, 9.17) is 0 Å². The Labute approximate surface area is 181 Å². The highest BCUT2D eigenvalue weighted by Gasteiger charge is 2.21. The van der Waals surface area contributed by atoms with Crippen molar-refractivity contribution in [1.29, 1.82) is 0 Å². The van der Waals surface area contributed by atoms with Gasteiger partial charge in [0.25, 0.3) is 0 Å². The predicted molar refractivity (Wildman–Crippen MR) is 123 cm³/mol. The molecule has 6 heterocycles. The van der Waals surface area contributed by atoms with Crippen LogP contribution in [-0.4, -0.2) is 41.3 Å². The van der Waals surface area contributed by atoms with E-state index in [0.717, 1.165) is 20.0 Å². The summed E-state index contributed by atoms with van der Waals surface area (Å²) in [7, 11) is 0. The third-order valence-electron chi connectivity index (χ3n) is 6.41. The molecule has 0 amide bonds. The minimum Gasteiger partial charge on any atom is -0.370 e. The molecular formula is C24H36N6. The molecule has 0 unspecified atom stereocenters. The van der Waals surface area contributed by atoms with Crippen LogP contribution in [0.3, 0.4) is 0 Å². The molecule has 0 aromatic rings. The van der Waals surface area contributed by atoms with Gasteiger partial charge >= 0.3 is 0 Å². The standard InChI is InChI=1S/C8H14N2.C8H12N2.C8H10N2/c3*1-7-8-4-2-3-5-10(8)6-9-7/h9H,2-6H2,1H3;3,5,9H,2,4,6H2,1H3;2-5,9H,6H2,1H3. The molecule has 6 heteroatoms. The van der Waals surface area contributed by atoms with E-state index in [0.29, 0.717) is 0 Å². The average Bonchev–Trinajstić information content (AvgIpc) is 3.48. The Morgan fingerprint density at radius 1 is 0.733 bits per heavy atom. The van der Waals surface area contributed by atoms with Crippen molar-refractivity contribution in [2.45, 2.75) is 52.9 Å². The number of rotatable bonds is 0. The van der Waals surface area contributed by atoms with Crippen LogP contribution >= 0.6 is 0 Å². The third-order valence-corrected chi connectivity index (χ3v) is 6.41. The van der Waals surface area contributed by atoms with Crippen LogP contribution in [0.5, 0.6) is 0 Å². The molecule has 1 saturated heterocycles. The zero-order valence-corrected chi connectivity index (χ0v) is 18.7. The van der Waals surface area contributed by atoms with E-state index in [1.54, 1.807) is 5.70 Å². The van der Waals surface area contributed by atoms with Crippen LogP contribution in [0.1, 0.15) is 52.9 Å². The second-order valence-corrected chi connectivity index (χ2v) is 8.44. The lowest BCUT2D eigenvalue weighted by Crippen LogP contribution is -2.27. The van der Waals surface area contributed by atoms with E-state index in [9.17, 15) is 0 Å². The second-order valence-electron chi connectivity index (χ2n) is 8.44. The maximum atomic E-state index is 3.37. The summed E-state index contributed by atoms with van der Waals surface area (Å²) in [5.41, 5.74) is 8.35. The first-order valence-corrected chi connectivity index (χ1v) is 11.3. The summed E-state index contributed by atoms with van der Waals surface area (Å²) in [4.78, 5) is 6.92. The van der Waals surface area contributed by atoms with Gasteiger partial charge in [-0.05, 0) is 65.0 Å². The number of piperidine rings is 1. The summed E-state index contributed by atoms with van der Waals surface area (Å²) in [6.45, 7) is 10.6. The highest BCUT2D eigenvalue weighted by atomic mass is 15.3. The Balaban J connectivity index is 0.000000109. The second kappa shape index (κ2) is 9.37. The Morgan fingerprint density at radius 3 is 2.30 bits per heavy atom. The van der Waals surface area contributed by atoms with Crippen LogP contribution in [0, 0.1) is 0 Å². The number of hydrogen-bond donors (Lipinski definition) is 3. The predicted octanol–water partition coefficient (Wildman–Crippen LogP) is 3.82. The van der Waals surface area contributed by atoms with Crippen LogP contribution in [0.25, 0.3) is 0 Å². The lowest BCUT2D eigenvalue weighted by Gasteiger charge is -2.25. The van der Waals surface area contributed by atoms with E-state index in [2.05, 4.69) is 82.0 Å². The molecule has 6 rings (SSSR count). The molecule has 30 heavy (non-hydrogen) atoms. The van der Waals surface area contributed by atoms with Crippen LogP contribution in [0.4, 0.5) is 0 Å². The van der Waals surface area contributed by atoms with Crippen molar-refractivity contribution in [2.24, 2.45) is 0 Å². The van der Waals surface area contributed by atoms with Gasteiger partial charge in [0.05, 0.1) is 25.7 Å².